The number of anilines is 1. The van der Waals surface area contributed by atoms with Crippen LogP contribution in [-0.2, 0) is 0 Å². The lowest BCUT2D eigenvalue weighted by atomic mass is 10.2. The standard InChI is InChI=1S/C9H10N4/c10-9-6-2-1-4-8(9)5-3-7-12-13-11/h1-6H,7,10H2. The molecule has 0 unspecified atom stereocenters. The lowest BCUT2D eigenvalue weighted by Crippen LogP contribution is -1.87. The van der Waals surface area contributed by atoms with E-state index >= 15 is 0 Å². The highest BCUT2D eigenvalue weighted by molar-refractivity contribution is 5.64. The summed E-state index contributed by atoms with van der Waals surface area (Å²) in [7, 11) is 0. The van der Waals surface area contributed by atoms with Crippen molar-refractivity contribution < 1.29 is 0 Å². The van der Waals surface area contributed by atoms with Crippen LogP contribution < -0.4 is 5.73 Å². The molecule has 0 heterocycles. The first-order chi connectivity index (χ1) is 6.34. The largest absolute Gasteiger partial charge is 0.398 e. The van der Waals surface area contributed by atoms with Gasteiger partial charge in [0, 0.05) is 17.1 Å². The molecule has 1 aromatic rings. The zero-order valence-corrected chi connectivity index (χ0v) is 7.09. The van der Waals surface area contributed by atoms with Crippen molar-refractivity contribution in [3.63, 3.8) is 0 Å². The maximum absolute atomic E-state index is 8.02. The van der Waals surface area contributed by atoms with E-state index < -0.39 is 0 Å². The third-order valence-electron chi connectivity index (χ3n) is 1.54. The first-order valence-corrected chi connectivity index (χ1v) is 3.86. The molecule has 4 heteroatoms. The topological polar surface area (TPSA) is 74.8 Å². The molecule has 0 aliphatic heterocycles. The highest BCUT2D eigenvalue weighted by Gasteiger charge is 1.89. The molecule has 0 saturated carbocycles. The SMILES string of the molecule is [N-]=[N+]=NCC=Cc1ccccc1N. The van der Waals surface area contributed by atoms with Crippen LogP contribution in [0.25, 0.3) is 16.5 Å². The van der Waals surface area contributed by atoms with E-state index in [1.165, 1.54) is 0 Å². The van der Waals surface area contributed by atoms with Gasteiger partial charge in [0.1, 0.15) is 0 Å². The van der Waals surface area contributed by atoms with Gasteiger partial charge in [0.2, 0.25) is 0 Å². The zero-order chi connectivity index (χ0) is 9.52. The molecule has 0 fully saturated rings. The highest BCUT2D eigenvalue weighted by Crippen LogP contribution is 2.11. The number of rotatable bonds is 3. The summed E-state index contributed by atoms with van der Waals surface area (Å²) in [5.74, 6) is 0. The molecule has 0 aliphatic carbocycles. The average Bonchev–Trinajstić information content (AvgIpc) is 2.15. The quantitative estimate of drug-likeness (QED) is 0.325. The molecule has 13 heavy (non-hydrogen) atoms. The van der Waals surface area contributed by atoms with Gasteiger partial charge in [0.25, 0.3) is 0 Å². The van der Waals surface area contributed by atoms with Crippen LogP contribution in [0.3, 0.4) is 0 Å². The van der Waals surface area contributed by atoms with Gasteiger partial charge in [0.05, 0.1) is 0 Å². The van der Waals surface area contributed by atoms with Gasteiger partial charge in [-0.05, 0) is 17.2 Å². The summed E-state index contributed by atoms with van der Waals surface area (Å²) >= 11 is 0. The molecule has 0 aliphatic rings. The number of nitrogens with zero attached hydrogens (tertiary/aromatic N) is 3. The summed E-state index contributed by atoms with van der Waals surface area (Å²) in [4.78, 5) is 2.63. The summed E-state index contributed by atoms with van der Waals surface area (Å²) < 4.78 is 0. The summed E-state index contributed by atoms with van der Waals surface area (Å²) in [6, 6.07) is 7.51. The lowest BCUT2D eigenvalue weighted by Gasteiger charge is -1.96. The van der Waals surface area contributed by atoms with Crippen molar-refractivity contribution in [2.45, 2.75) is 0 Å². The Hall–Kier alpha value is -1.93. The fourth-order valence-electron chi connectivity index (χ4n) is 0.926. The predicted octanol–water partition coefficient (Wildman–Crippen LogP) is 2.59. The summed E-state index contributed by atoms with van der Waals surface area (Å²) in [5, 5.41) is 3.37. The van der Waals surface area contributed by atoms with Gasteiger partial charge in [-0.2, -0.15) is 0 Å². The monoisotopic (exact) mass is 174 g/mol. The van der Waals surface area contributed by atoms with Crippen molar-refractivity contribution in [3.8, 4) is 0 Å². The second kappa shape index (κ2) is 4.85. The third kappa shape index (κ3) is 2.89. The molecule has 2 N–H and O–H groups in total. The molecule has 0 saturated heterocycles. The van der Waals surface area contributed by atoms with E-state index in [9.17, 15) is 0 Å². The smallest absolute Gasteiger partial charge is 0.0443 e. The van der Waals surface area contributed by atoms with Crippen LogP contribution in [0.1, 0.15) is 5.56 Å². The fraction of sp³-hybridized carbons (Fsp3) is 0.111. The van der Waals surface area contributed by atoms with Crippen molar-refractivity contribution in [3.05, 3.63) is 46.3 Å². The number of azide groups is 1. The highest BCUT2D eigenvalue weighted by atomic mass is 15.1. The average molecular weight is 174 g/mol. The van der Waals surface area contributed by atoms with E-state index in [-0.39, 0.29) is 0 Å². The van der Waals surface area contributed by atoms with Crippen LogP contribution in [0.4, 0.5) is 5.69 Å². The van der Waals surface area contributed by atoms with E-state index in [1.807, 2.05) is 30.3 Å². The molecular formula is C9H10N4. The number of benzene rings is 1. The first kappa shape index (κ1) is 9.16. The first-order valence-electron chi connectivity index (χ1n) is 3.86. The Morgan fingerprint density at radius 3 is 2.92 bits per heavy atom. The third-order valence-corrected chi connectivity index (χ3v) is 1.54. The molecule has 1 aromatic carbocycles. The summed E-state index contributed by atoms with van der Waals surface area (Å²) in [5.41, 5.74) is 15.4. The molecule has 1 rings (SSSR count). The molecule has 66 valence electrons. The maximum atomic E-state index is 8.02. The lowest BCUT2D eigenvalue weighted by molar-refractivity contribution is 1.22. The molecule has 4 nitrogen and oxygen atoms in total. The van der Waals surface area contributed by atoms with Gasteiger partial charge in [0.15, 0.2) is 0 Å². The van der Waals surface area contributed by atoms with E-state index in [2.05, 4.69) is 10.0 Å². The van der Waals surface area contributed by atoms with E-state index in [0.717, 1.165) is 11.3 Å². The molecule has 0 atom stereocenters. The van der Waals surface area contributed by atoms with Crippen LogP contribution in [0.15, 0.2) is 35.5 Å². The van der Waals surface area contributed by atoms with Crippen molar-refractivity contribution >= 4 is 11.8 Å². The number of nitrogens with two attached hydrogens (primary N) is 1. The molecular weight excluding hydrogens is 164 g/mol. The molecule has 0 aromatic heterocycles. The molecule has 0 spiro atoms. The minimum atomic E-state index is 0.352. The molecule has 0 amide bonds. The van der Waals surface area contributed by atoms with Crippen LogP contribution in [-0.4, -0.2) is 6.54 Å². The van der Waals surface area contributed by atoms with Crippen LogP contribution in [0, 0.1) is 0 Å². The predicted molar refractivity (Wildman–Crippen MR) is 53.9 cm³/mol. The van der Waals surface area contributed by atoms with Crippen LogP contribution in [0.5, 0.6) is 0 Å². The number of hydrogen-bond donors (Lipinski definition) is 1. The Bertz CT molecular complexity index is 350. The number of hydrogen-bond acceptors (Lipinski definition) is 2. The van der Waals surface area contributed by atoms with Gasteiger partial charge in [-0.1, -0.05) is 35.5 Å². The Labute approximate surface area is 76.3 Å². The van der Waals surface area contributed by atoms with E-state index in [1.54, 1.807) is 6.08 Å². The normalized spacial score (nSPS) is 9.85. The number of para-hydroxylation sites is 1. The van der Waals surface area contributed by atoms with Gasteiger partial charge >= 0.3 is 0 Å². The van der Waals surface area contributed by atoms with Crippen molar-refractivity contribution in [2.24, 2.45) is 5.11 Å². The van der Waals surface area contributed by atoms with Gasteiger partial charge in [-0.3, -0.25) is 0 Å². The zero-order valence-electron chi connectivity index (χ0n) is 7.09. The van der Waals surface area contributed by atoms with Crippen molar-refractivity contribution in [1.82, 2.24) is 0 Å². The Balaban J connectivity index is 2.68. The Morgan fingerprint density at radius 1 is 1.46 bits per heavy atom. The van der Waals surface area contributed by atoms with Crippen LogP contribution >= 0.6 is 0 Å². The van der Waals surface area contributed by atoms with Crippen molar-refractivity contribution in [2.75, 3.05) is 12.3 Å². The molecule has 0 bridgehead atoms. The van der Waals surface area contributed by atoms with E-state index in [4.69, 9.17) is 11.3 Å². The maximum Gasteiger partial charge on any atom is 0.0443 e. The summed E-state index contributed by atoms with van der Waals surface area (Å²) in [6.07, 6.45) is 3.61. The van der Waals surface area contributed by atoms with Crippen molar-refractivity contribution in [1.29, 1.82) is 0 Å². The number of nitrogen functional groups attached to an aromatic ring is 1. The second-order valence-corrected chi connectivity index (χ2v) is 2.44. The minimum Gasteiger partial charge on any atom is -0.398 e. The summed E-state index contributed by atoms with van der Waals surface area (Å²) in [6.45, 7) is 0.352. The Morgan fingerprint density at radius 2 is 2.23 bits per heavy atom. The minimum absolute atomic E-state index is 0.352. The fourth-order valence-corrected chi connectivity index (χ4v) is 0.926. The van der Waals surface area contributed by atoms with Gasteiger partial charge < -0.3 is 5.73 Å². The second-order valence-electron chi connectivity index (χ2n) is 2.44. The van der Waals surface area contributed by atoms with E-state index in [0.29, 0.717) is 6.54 Å². The van der Waals surface area contributed by atoms with Gasteiger partial charge in [-0.25, -0.2) is 0 Å². The Kier molecular flexibility index (Phi) is 3.42. The van der Waals surface area contributed by atoms with Crippen LogP contribution in [0.2, 0.25) is 0 Å². The van der Waals surface area contributed by atoms with Gasteiger partial charge in [-0.15, -0.1) is 0 Å². The molecule has 0 radical (unpaired) electrons.